The summed E-state index contributed by atoms with van der Waals surface area (Å²) >= 11 is 0. The van der Waals surface area contributed by atoms with Crippen molar-refractivity contribution >= 4 is 11.7 Å². The van der Waals surface area contributed by atoms with E-state index in [1.54, 1.807) is 19.1 Å². The number of likely N-dealkylation sites (N-methyl/N-ethyl adjacent to an activating group) is 1. The molecule has 4 nitrogen and oxygen atoms in total. The van der Waals surface area contributed by atoms with E-state index in [-0.39, 0.29) is 6.03 Å². The third-order valence-electron chi connectivity index (χ3n) is 2.80. The van der Waals surface area contributed by atoms with Gasteiger partial charge in [0.05, 0.1) is 6.61 Å². The van der Waals surface area contributed by atoms with Crippen molar-refractivity contribution < 1.29 is 9.53 Å². The third kappa shape index (κ3) is 4.04. The lowest BCUT2D eigenvalue weighted by Gasteiger charge is -2.19. The van der Waals surface area contributed by atoms with Gasteiger partial charge in [-0.05, 0) is 17.5 Å². The number of rotatable bonds is 5. The van der Waals surface area contributed by atoms with Gasteiger partial charge in [0.15, 0.2) is 0 Å². The van der Waals surface area contributed by atoms with Gasteiger partial charge in [0.2, 0.25) is 0 Å². The van der Waals surface area contributed by atoms with Crippen LogP contribution in [0, 0.1) is 0 Å². The van der Waals surface area contributed by atoms with E-state index >= 15 is 0 Å². The molecule has 1 rings (SSSR count). The first-order valence-corrected chi connectivity index (χ1v) is 6.16. The fourth-order valence-corrected chi connectivity index (χ4v) is 1.65. The van der Waals surface area contributed by atoms with Crippen molar-refractivity contribution in [3.63, 3.8) is 0 Å². The predicted molar refractivity (Wildman–Crippen MR) is 74.1 cm³/mol. The van der Waals surface area contributed by atoms with Crippen LogP contribution in [0.3, 0.4) is 0 Å². The van der Waals surface area contributed by atoms with Crippen LogP contribution in [-0.4, -0.2) is 38.2 Å². The number of carbonyl (C=O) groups excluding carboxylic acids is 1. The van der Waals surface area contributed by atoms with Crippen molar-refractivity contribution in [2.75, 3.05) is 32.6 Å². The van der Waals surface area contributed by atoms with Crippen molar-refractivity contribution in [1.82, 2.24) is 4.90 Å². The molecule has 1 aromatic carbocycles. The van der Waals surface area contributed by atoms with Gasteiger partial charge in [0.1, 0.15) is 0 Å². The molecule has 0 saturated carbocycles. The molecule has 0 aliphatic heterocycles. The number of hydrogen-bond acceptors (Lipinski definition) is 2. The van der Waals surface area contributed by atoms with Crippen molar-refractivity contribution in [2.24, 2.45) is 0 Å². The second kappa shape index (κ2) is 7.01. The smallest absolute Gasteiger partial charge is 0.321 e. The molecule has 0 fully saturated rings. The Labute approximate surface area is 109 Å². The van der Waals surface area contributed by atoms with Crippen LogP contribution in [0.15, 0.2) is 24.3 Å². The van der Waals surface area contributed by atoms with Gasteiger partial charge < -0.3 is 15.0 Å². The highest BCUT2D eigenvalue weighted by Crippen LogP contribution is 2.23. The van der Waals surface area contributed by atoms with Gasteiger partial charge >= 0.3 is 6.03 Å². The number of para-hydroxylation sites is 1. The number of anilines is 1. The summed E-state index contributed by atoms with van der Waals surface area (Å²) in [5, 5.41) is 2.93. The van der Waals surface area contributed by atoms with Gasteiger partial charge in [-0.25, -0.2) is 4.79 Å². The molecule has 0 saturated heterocycles. The number of methoxy groups -OCH3 is 1. The van der Waals surface area contributed by atoms with E-state index in [0.29, 0.717) is 19.1 Å². The van der Waals surface area contributed by atoms with E-state index in [1.165, 1.54) is 0 Å². The van der Waals surface area contributed by atoms with Crippen LogP contribution >= 0.6 is 0 Å². The minimum absolute atomic E-state index is 0.111. The van der Waals surface area contributed by atoms with Gasteiger partial charge in [0, 0.05) is 26.4 Å². The van der Waals surface area contributed by atoms with Crippen LogP contribution in [0.2, 0.25) is 0 Å². The number of urea groups is 1. The van der Waals surface area contributed by atoms with Crippen LogP contribution in [0.25, 0.3) is 0 Å². The molecular weight excluding hydrogens is 228 g/mol. The maximum Gasteiger partial charge on any atom is 0.321 e. The molecule has 0 heterocycles. The van der Waals surface area contributed by atoms with Crippen molar-refractivity contribution in [3.8, 4) is 0 Å². The van der Waals surface area contributed by atoms with E-state index in [1.807, 2.05) is 24.3 Å². The summed E-state index contributed by atoms with van der Waals surface area (Å²) < 4.78 is 4.95. The molecule has 0 spiro atoms. The van der Waals surface area contributed by atoms with Gasteiger partial charge in [-0.3, -0.25) is 0 Å². The zero-order chi connectivity index (χ0) is 13.5. The molecule has 0 aromatic heterocycles. The summed E-state index contributed by atoms with van der Waals surface area (Å²) in [6.07, 6.45) is 0. The number of ether oxygens (including phenoxy) is 1. The average molecular weight is 250 g/mol. The summed E-state index contributed by atoms with van der Waals surface area (Å²) in [7, 11) is 3.38. The molecule has 18 heavy (non-hydrogen) atoms. The van der Waals surface area contributed by atoms with E-state index in [2.05, 4.69) is 19.2 Å². The van der Waals surface area contributed by atoms with Crippen molar-refractivity contribution in [3.05, 3.63) is 29.8 Å². The van der Waals surface area contributed by atoms with Gasteiger partial charge in [-0.2, -0.15) is 0 Å². The summed E-state index contributed by atoms with van der Waals surface area (Å²) in [6.45, 7) is 5.33. The lowest BCUT2D eigenvalue weighted by molar-refractivity contribution is 0.165. The molecule has 1 aromatic rings. The second-order valence-electron chi connectivity index (χ2n) is 4.59. The highest BCUT2D eigenvalue weighted by atomic mass is 16.5. The zero-order valence-corrected chi connectivity index (χ0v) is 11.6. The van der Waals surface area contributed by atoms with Crippen molar-refractivity contribution in [2.45, 2.75) is 19.8 Å². The summed E-state index contributed by atoms with van der Waals surface area (Å²) in [5.74, 6) is 0.380. The number of carbonyl (C=O) groups is 1. The minimum Gasteiger partial charge on any atom is -0.383 e. The molecule has 0 aliphatic carbocycles. The van der Waals surface area contributed by atoms with E-state index < -0.39 is 0 Å². The Morgan fingerprint density at radius 3 is 2.67 bits per heavy atom. The number of hydrogen-bond donors (Lipinski definition) is 1. The molecule has 0 atom stereocenters. The minimum atomic E-state index is -0.111. The number of benzene rings is 1. The predicted octanol–water partition coefficient (Wildman–Crippen LogP) is 2.92. The van der Waals surface area contributed by atoms with E-state index in [0.717, 1.165) is 11.3 Å². The molecular formula is C14H22N2O2. The normalized spacial score (nSPS) is 10.5. The molecule has 4 heteroatoms. The molecule has 1 N–H and O–H groups in total. The Bertz CT molecular complexity index is 391. The zero-order valence-electron chi connectivity index (χ0n) is 11.6. The van der Waals surface area contributed by atoms with Crippen LogP contribution in [-0.2, 0) is 4.74 Å². The van der Waals surface area contributed by atoms with E-state index in [9.17, 15) is 4.79 Å². The summed E-state index contributed by atoms with van der Waals surface area (Å²) in [4.78, 5) is 13.6. The molecule has 100 valence electrons. The summed E-state index contributed by atoms with van der Waals surface area (Å²) in [6, 6.07) is 7.77. The van der Waals surface area contributed by atoms with Crippen molar-refractivity contribution in [1.29, 1.82) is 0 Å². The fourth-order valence-electron chi connectivity index (χ4n) is 1.65. The largest absolute Gasteiger partial charge is 0.383 e. The van der Waals surface area contributed by atoms with Gasteiger partial charge in [0.25, 0.3) is 0 Å². The number of nitrogens with zero attached hydrogens (tertiary/aromatic N) is 1. The Hall–Kier alpha value is -1.55. The van der Waals surface area contributed by atoms with Gasteiger partial charge in [-0.1, -0.05) is 32.0 Å². The number of amides is 2. The monoisotopic (exact) mass is 250 g/mol. The van der Waals surface area contributed by atoms with Gasteiger partial charge in [-0.15, -0.1) is 0 Å². The summed E-state index contributed by atoms with van der Waals surface area (Å²) in [5.41, 5.74) is 2.02. The average Bonchev–Trinajstić information content (AvgIpc) is 2.36. The highest BCUT2D eigenvalue weighted by Gasteiger charge is 2.11. The first-order valence-electron chi connectivity index (χ1n) is 6.16. The Morgan fingerprint density at radius 2 is 2.06 bits per heavy atom. The first-order chi connectivity index (χ1) is 8.56. The Balaban J connectivity index is 2.69. The molecule has 2 amide bonds. The number of nitrogens with one attached hydrogen (secondary N) is 1. The Morgan fingerprint density at radius 1 is 1.39 bits per heavy atom. The van der Waals surface area contributed by atoms with Crippen LogP contribution in [0.4, 0.5) is 10.5 Å². The lowest BCUT2D eigenvalue weighted by atomic mass is 10.0. The maximum atomic E-state index is 12.0. The molecule has 0 aliphatic rings. The van der Waals surface area contributed by atoms with Crippen LogP contribution in [0.5, 0.6) is 0 Å². The SMILES string of the molecule is COCCN(C)C(=O)Nc1ccccc1C(C)C. The quantitative estimate of drug-likeness (QED) is 0.873. The standard InChI is InChI=1S/C14H22N2O2/c1-11(2)12-7-5-6-8-13(12)15-14(17)16(3)9-10-18-4/h5-8,11H,9-10H2,1-4H3,(H,15,17). The van der Waals surface area contributed by atoms with E-state index in [4.69, 9.17) is 4.74 Å². The van der Waals surface area contributed by atoms with Crippen LogP contribution in [0.1, 0.15) is 25.3 Å². The molecule has 0 bridgehead atoms. The lowest BCUT2D eigenvalue weighted by Crippen LogP contribution is -2.34. The van der Waals surface area contributed by atoms with Crippen LogP contribution < -0.4 is 5.32 Å². The first kappa shape index (κ1) is 14.5. The second-order valence-corrected chi connectivity index (χ2v) is 4.59. The fraction of sp³-hybridized carbons (Fsp3) is 0.500. The Kier molecular flexibility index (Phi) is 5.65. The molecule has 0 unspecified atom stereocenters. The maximum absolute atomic E-state index is 12.0. The molecule has 0 radical (unpaired) electrons. The topological polar surface area (TPSA) is 41.6 Å². The highest BCUT2D eigenvalue weighted by molar-refractivity contribution is 5.90. The third-order valence-corrected chi connectivity index (χ3v) is 2.80.